The molecule has 0 saturated heterocycles. The Morgan fingerprint density at radius 2 is 1.33 bits per heavy atom. The molecule has 0 heterocycles. The third-order valence-corrected chi connectivity index (χ3v) is 13.2. The molecule has 11 unspecified atom stereocenters. The molecule has 2 fully saturated rings. The van der Waals surface area contributed by atoms with Crippen LogP contribution in [0.4, 0.5) is 0 Å². The van der Waals surface area contributed by atoms with Crippen molar-refractivity contribution in [3.63, 3.8) is 0 Å². The predicted molar refractivity (Wildman–Crippen MR) is 221 cm³/mol. The Hall–Kier alpha value is -5.78. The number of carbonyl (C=O) groups excluding carboxylic acids is 6. The SMILES string of the molecule is CC(=O)OC1C(=O)C2(C)C(O)CC(OC(C)=O)C(O)(COC(=O)c3ccccc3)C2C(O)C2(O)CC(OC(=O)C(O)C(NC(=O)c3ccccc3)c3ccccc3)C(C)=C1C2(C)C. The maximum Gasteiger partial charge on any atom is 0.338 e. The predicted octanol–water partition coefficient (Wildman–Crippen LogP) is 2.69. The molecule has 1 amide bonds. The van der Waals surface area contributed by atoms with Gasteiger partial charge in [-0.1, -0.05) is 80.6 Å². The monoisotopic (exact) mass is 871 g/mol. The molecule has 0 spiro atoms. The van der Waals surface area contributed by atoms with E-state index in [1.165, 1.54) is 52.0 Å². The van der Waals surface area contributed by atoms with Crippen LogP contribution in [0.2, 0.25) is 0 Å². The summed E-state index contributed by atoms with van der Waals surface area (Å²) in [7, 11) is 0. The summed E-state index contributed by atoms with van der Waals surface area (Å²) in [5.74, 6) is -7.88. The summed E-state index contributed by atoms with van der Waals surface area (Å²) in [6.07, 6.45) is -12.8. The van der Waals surface area contributed by atoms with E-state index < -0.39 is 126 Å². The molecule has 3 aliphatic carbocycles. The molecule has 16 nitrogen and oxygen atoms in total. The fourth-order valence-corrected chi connectivity index (χ4v) is 9.75. The first-order chi connectivity index (χ1) is 29.6. The minimum absolute atomic E-state index is 0.0613. The van der Waals surface area contributed by atoms with E-state index >= 15 is 4.79 Å². The number of amides is 1. The fraction of sp³-hybridized carbons (Fsp3) is 0.447. The topological polar surface area (TPSA) is 253 Å². The van der Waals surface area contributed by atoms with Gasteiger partial charge in [0.15, 0.2) is 18.0 Å². The number of rotatable bonds is 11. The number of nitrogens with one attached hydrogen (secondary N) is 1. The maximum atomic E-state index is 15.3. The number of ether oxygens (including phenoxy) is 4. The summed E-state index contributed by atoms with van der Waals surface area (Å²) in [4.78, 5) is 81.6. The second-order valence-corrected chi connectivity index (χ2v) is 17.3. The van der Waals surface area contributed by atoms with Crippen molar-refractivity contribution in [3.8, 4) is 0 Å². The summed E-state index contributed by atoms with van der Waals surface area (Å²) < 4.78 is 22.8. The Balaban J connectivity index is 1.46. The highest BCUT2D eigenvalue weighted by Gasteiger charge is 2.74. The highest BCUT2D eigenvalue weighted by molar-refractivity contribution is 5.96. The van der Waals surface area contributed by atoms with E-state index in [4.69, 9.17) is 18.9 Å². The Morgan fingerprint density at radius 1 is 0.794 bits per heavy atom. The van der Waals surface area contributed by atoms with Crippen LogP contribution in [0.3, 0.4) is 0 Å². The number of esters is 4. The fourth-order valence-electron chi connectivity index (χ4n) is 9.75. The van der Waals surface area contributed by atoms with Gasteiger partial charge in [0.2, 0.25) is 0 Å². The lowest BCUT2D eigenvalue weighted by molar-refractivity contribution is -0.288. The summed E-state index contributed by atoms with van der Waals surface area (Å²) in [5.41, 5.74) is -8.82. The van der Waals surface area contributed by atoms with Crippen molar-refractivity contribution in [2.24, 2.45) is 16.7 Å². The van der Waals surface area contributed by atoms with Crippen molar-refractivity contribution in [2.75, 3.05) is 6.61 Å². The zero-order valence-electron chi connectivity index (χ0n) is 35.7. The van der Waals surface area contributed by atoms with Crippen LogP contribution in [-0.2, 0) is 38.1 Å². The Kier molecular flexibility index (Phi) is 13.2. The van der Waals surface area contributed by atoms with Gasteiger partial charge in [-0.2, -0.15) is 0 Å². The van der Waals surface area contributed by atoms with Gasteiger partial charge in [0.1, 0.15) is 30.0 Å². The van der Waals surface area contributed by atoms with Crippen LogP contribution in [0.5, 0.6) is 0 Å². The van der Waals surface area contributed by atoms with Crippen molar-refractivity contribution in [2.45, 2.75) is 108 Å². The van der Waals surface area contributed by atoms with Gasteiger partial charge in [-0.05, 0) is 54.8 Å². The number of aliphatic hydroxyl groups is 5. The largest absolute Gasteiger partial charge is 0.459 e. The van der Waals surface area contributed by atoms with Crippen LogP contribution in [0.25, 0.3) is 0 Å². The van der Waals surface area contributed by atoms with Crippen LogP contribution in [0.15, 0.2) is 102 Å². The molecule has 16 heteroatoms. The average molecular weight is 872 g/mol. The summed E-state index contributed by atoms with van der Waals surface area (Å²) in [6, 6.07) is 22.4. The highest BCUT2D eigenvalue weighted by atomic mass is 16.6. The van der Waals surface area contributed by atoms with Crippen LogP contribution in [0, 0.1) is 16.7 Å². The van der Waals surface area contributed by atoms with E-state index in [1.54, 1.807) is 66.7 Å². The molecule has 3 aromatic rings. The van der Waals surface area contributed by atoms with Gasteiger partial charge < -0.3 is 49.8 Å². The van der Waals surface area contributed by atoms with Crippen LogP contribution >= 0.6 is 0 Å². The van der Waals surface area contributed by atoms with Crippen molar-refractivity contribution in [3.05, 3.63) is 119 Å². The van der Waals surface area contributed by atoms with E-state index in [0.717, 1.165) is 13.8 Å². The molecule has 6 N–H and O–H groups in total. The van der Waals surface area contributed by atoms with E-state index in [0.29, 0.717) is 5.56 Å². The van der Waals surface area contributed by atoms with E-state index in [-0.39, 0.29) is 22.3 Å². The summed E-state index contributed by atoms with van der Waals surface area (Å²) in [5, 5.41) is 65.2. The van der Waals surface area contributed by atoms with Gasteiger partial charge in [-0.25, -0.2) is 9.59 Å². The van der Waals surface area contributed by atoms with E-state index in [2.05, 4.69) is 5.32 Å². The number of hydrogen-bond donors (Lipinski definition) is 6. The second kappa shape index (κ2) is 17.8. The number of Topliss-reactive ketones (excluding diaryl/α,β-unsaturated/α-hetero) is 1. The third-order valence-electron chi connectivity index (χ3n) is 13.2. The minimum Gasteiger partial charge on any atom is -0.459 e. The first-order valence-corrected chi connectivity index (χ1v) is 20.5. The molecule has 3 aliphatic rings. The quantitative estimate of drug-likeness (QED) is 0.0921. The zero-order valence-corrected chi connectivity index (χ0v) is 35.7. The Morgan fingerprint density at radius 3 is 1.89 bits per heavy atom. The molecule has 2 bridgehead atoms. The third kappa shape index (κ3) is 8.41. The normalized spacial score (nSPS) is 30.9. The first-order valence-electron chi connectivity index (χ1n) is 20.5. The molecule has 11 atom stereocenters. The van der Waals surface area contributed by atoms with Gasteiger partial charge in [-0.15, -0.1) is 0 Å². The van der Waals surface area contributed by atoms with Crippen LogP contribution in [-0.4, -0.2) is 116 Å². The smallest absolute Gasteiger partial charge is 0.338 e. The molecule has 3 aromatic carbocycles. The van der Waals surface area contributed by atoms with Crippen molar-refractivity contribution < 1.29 is 73.2 Å². The lowest BCUT2D eigenvalue weighted by Gasteiger charge is -2.63. The highest BCUT2D eigenvalue weighted by Crippen LogP contribution is 2.61. The molecule has 336 valence electrons. The van der Waals surface area contributed by atoms with Gasteiger partial charge in [0.25, 0.3) is 5.91 Å². The summed E-state index contributed by atoms with van der Waals surface area (Å²) in [6.45, 7) is 6.55. The van der Waals surface area contributed by atoms with Crippen molar-refractivity contribution >= 4 is 35.6 Å². The molecule has 6 rings (SSSR count). The molecule has 0 radical (unpaired) electrons. The van der Waals surface area contributed by atoms with Crippen LogP contribution < -0.4 is 5.32 Å². The molecular weight excluding hydrogens is 819 g/mol. The van der Waals surface area contributed by atoms with Gasteiger partial charge in [0, 0.05) is 43.6 Å². The number of fused-ring (bicyclic) bond motifs is 3. The van der Waals surface area contributed by atoms with Gasteiger partial charge >= 0.3 is 23.9 Å². The average Bonchev–Trinajstić information content (AvgIpc) is 3.25. The number of benzene rings is 3. The molecule has 0 aliphatic heterocycles. The zero-order chi connectivity index (χ0) is 46.2. The molecule has 2 saturated carbocycles. The minimum atomic E-state index is -2.73. The van der Waals surface area contributed by atoms with E-state index in [9.17, 15) is 49.5 Å². The molecule has 63 heavy (non-hydrogen) atoms. The van der Waals surface area contributed by atoms with Crippen molar-refractivity contribution in [1.82, 2.24) is 5.32 Å². The lowest BCUT2D eigenvalue weighted by atomic mass is 9.45. The standard InChI is InChI=1S/C47H53NO15/c1-25-31(63-43(57)36(52)35(28-16-10-7-11-17-28)48-41(55)29-18-12-8-13-19-29)23-47(59)40(54)38-45(6,39(53)37(62-27(3)50)34(25)44(47,4)5)32(51)22-33(61-26(2)49)46(38,58)24-60-42(56)30-20-14-9-15-21-30/h7-21,31-33,35-38,40,51-52,54,58-59H,22-24H2,1-6H3,(H,48,55). The second-order valence-electron chi connectivity index (χ2n) is 17.3. The number of ketones is 1. The van der Waals surface area contributed by atoms with E-state index in [1.807, 2.05) is 0 Å². The molecular formula is C47H53NO15. The van der Waals surface area contributed by atoms with Crippen molar-refractivity contribution in [1.29, 1.82) is 0 Å². The van der Waals surface area contributed by atoms with Crippen LogP contribution in [0.1, 0.15) is 86.7 Å². The first kappa shape index (κ1) is 46.7. The maximum absolute atomic E-state index is 15.3. The number of aliphatic hydroxyl groups excluding tert-OH is 3. The van der Waals surface area contributed by atoms with Gasteiger partial charge in [-0.3, -0.25) is 19.2 Å². The Bertz CT molecular complexity index is 2260. The summed E-state index contributed by atoms with van der Waals surface area (Å²) >= 11 is 0. The molecule has 0 aromatic heterocycles. The number of carbonyl (C=O) groups is 6. The lowest BCUT2D eigenvalue weighted by Crippen LogP contribution is -2.78. The Labute approximate surface area is 363 Å². The van der Waals surface area contributed by atoms with Gasteiger partial charge in [0.05, 0.1) is 29.2 Å². The number of hydrogen-bond acceptors (Lipinski definition) is 15.